The van der Waals surface area contributed by atoms with E-state index in [4.69, 9.17) is 5.73 Å². The summed E-state index contributed by atoms with van der Waals surface area (Å²) < 4.78 is 0. The summed E-state index contributed by atoms with van der Waals surface area (Å²) in [6.45, 7) is 4.45. The van der Waals surface area contributed by atoms with Crippen LogP contribution in [0.25, 0.3) is 0 Å². The minimum Gasteiger partial charge on any atom is -0.399 e. The zero-order valence-electron chi connectivity index (χ0n) is 20.2. The number of carbonyl (C=O) groups excluding carboxylic acids is 2. The molecule has 3 aliphatic heterocycles. The highest BCUT2D eigenvalue weighted by Gasteiger charge is 2.52. The van der Waals surface area contributed by atoms with Crippen molar-refractivity contribution in [3.8, 4) is 0 Å². The van der Waals surface area contributed by atoms with Gasteiger partial charge in [-0.2, -0.15) is 0 Å². The fourth-order valence-corrected chi connectivity index (χ4v) is 6.56. The quantitative estimate of drug-likeness (QED) is 0.457. The SMILES string of the molecule is Nc1ccc(N2CC3(CC(NC4CCN(c5ccc(C6CCC(=O)NC6=O)cc5)CC4)C3)C2)cc1. The molecule has 4 N–H and O–H groups in total. The van der Waals surface area contributed by atoms with Crippen LogP contribution in [0.15, 0.2) is 48.5 Å². The molecular weight excluding hydrogens is 438 g/mol. The number of piperidine rings is 2. The van der Waals surface area contributed by atoms with E-state index in [0.717, 1.165) is 37.2 Å². The van der Waals surface area contributed by atoms with Crippen molar-refractivity contribution in [2.45, 2.75) is 56.5 Å². The second-order valence-corrected chi connectivity index (χ2v) is 11.1. The molecule has 7 nitrogen and oxygen atoms in total. The van der Waals surface area contributed by atoms with Crippen molar-refractivity contribution in [2.24, 2.45) is 5.41 Å². The molecule has 1 atom stereocenters. The molecule has 35 heavy (non-hydrogen) atoms. The van der Waals surface area contributed by atoms with Gasteiger partial charge in [-0.05, 0) is 74.1 Å². The van der Waals surface area contributed by atoms with Gasteiger partial charge in [0, 0.05) is 67.2 Å². The lowest BCUT2D eigenvalue weighted by Crippen LogP contribution is -2.67. The summed E-state index contributed by atoms with van der Waals surface area (Å²) in [6, 6.07) is 17.9. The Morgan fingerprint density at radius 2 is 1.46 bits per heavy atom. The van der Waals surface area contributed by atoms with Gasteiger partial charge in [-0.15, -0.1) is 0 Å². The first-order valence-corrected chi connectivity index (χ1v) is 13.0. The second-order valence-electron chi connectivity index (χ2n) is 11.1. The van der Waals surface area contributed by atoms with Gasteiger partial charge in [0.25, 0.3) is 0 Å². The highest BCUT2D eigenvalue weighted by molar-refractivity contribution is 6.00. The average molecular weight is 474 g/mol. The van der Waals surface area contributed by atoms with Gasteiger partial charge in [-0.25, -0.2) is 0 Å². The highest BCUT2D eigenvalue weighted by atomic mass is 16.2. The number of nitrogens with two attached hydrogens (primary N) is 1. The van der Waals surface area contributed by atoms with Gasteiger partial charge in [0.05, 0.1) is 5.92 Å². The monoisotopic (exact) mass is 473 g/mol. The normalized spacial score (nSPS) is 24.7. The molecule has 6 rings (SSSR count). The fraction of sp³-hybridized carbons (Fsp3) is 0.500. The largest absolute Gasteiger partial charge is 0.399 e. The van der Waals surface area contributed by atoms with Crippen LogP contribution in [-0.4, -0.2) is 50.1 Å². The number of benzene rings is 2. The first-order chi connectivity index (χ1) is 17.0. The summed E-state index contributed by atoms with van der Waals surface area (Å²) >= 11 is 0. The molecule has 1 aliphatic carbocycles. The summed E-state index contributed by atoms with van der Waals surface area (Å²) in [5.74, 6) is -0.542. The minimum absolute atomic E-state index is 0.163. The van der Waals surface area contributed by atoms with Crippen LogP contribution in [-0.2, 0) is 9.59 Å². The number of imide groups is 1. The Balaban J connectivity index is 0.939. The van der Waals surface area contributed by atoms with Crippen LogP contribution in [0.5, 0.6) is 0 Å². The van der Waals surface area contributed by atoms with Crippen molar-refractivity contribution >= 4 is 28.9 Å². The molecule has 184 valence electrons. The van der Waals surface area contributed by atoms with Crippen LogP contribution in [0.2, 0.25) is 0 Å². The van der Waals surface area contributed by atoms with Gasteiger partial charge in [0.1, 0.15) is 0 Å². The molecule has 7 heteroatoms. The van der Waals surface area contributed by atoms with Gasteiger partial charge < -0.3 is 20.9 Å². The topological polar surface area (TPSA) is 90.7 Å². The summed E-state index contributed by atoms with van der Waals surface area (Å²) in [5.41, 5.74) is 10.7. The van der Waals surface area contributed by atoms with Crippen LogP contribution in [0, 0.1) is 5.41 Å². The van der Waals surface area contributed by atoms with Crippen molar-refractivity contribution in [1.29, 1.82) is 0 Å². The Morgan fingerprint density at radius 3 is 2.11 bits per heavy atom. The Labute approximate surface area is 207 Å². The highest BCUT2D eigenvalue weighted by Crippen LogP contribution is 2.50. The first-order valence-electron chi connectivity index (χ1n) is 13.0. The Morgan fingerprint density at radius 1 is 0.829 bits per heavy atom. The average Bonchev–Trinajstić information content (AvgIpc) is 2.81. The smallest absolute Gasteiger partial charge is 0.234 e. The standard InChI is InChI=1S/C28H35N5O2/c29-20-3-7-24(8-4-20)33-17-28(18-33)15-22(16-28)30-21-11-13-32(14-12-21)23-5-1-19(2-6-23)25-9-10-26(34)31-27(25)35/h1-8,21-22,25,30H,9-18,29H2,(H,31,34,35). The first kappa shape index (κ1) is 22.4. The predicted molar refractivity (Wildman–Crippen MR) is 138 cm³/mol. The number of nitrogens with zero attached hydrogens (tertiary/aromatic N) is 2. The van der Waals surface area contributed by atoms with E-state index >= 15 is 0 Å². The van der Waals surface area contributed by atoms with Gasteiger partial charge in [0.2, 0.25) is 11.8 Å². The molecule has 0 bridgehead atoms. The van der Waals surface area contributed by atoms with E-state index in [-0.39, 0.29) is 17.7 Å². The van der Waals surface area contributed by atoms with Crippen LogP contribution in [0.4, 0.5) is 17.1 Å². The molecule has 3 heterocycles. The zero-order valence-corrected chi connectivity index (χ0v) is 20.2. The minimum atomic E-state index is -0.211. The number of hydrogen-bond acceptors (Lipinski definition) is 6. The van der Waals surface area contributed by atoms with E-state index in [0.29, 0.717) is 30.3 Å². The summed E-state index contributed by atoms with van der Waals surface area (Å²) in [4.78, 5) is 28.5. The fourth-order valence-electron chi connectivity index (χ4n) is 6.56. The molecular formula is C28H35N5O2. The lowest BCUT2D eigenvalue weighted by Gasteiger charge is -2.60. The van der Waals surface area contributed by atoms with Crippen LogP contribution in [0.3, 0.4) is 0 Å². The van der Waals surface area contributed by atoms with E-state index < -0.39 is 0 Å². The molecule has 2 amide bonds. The van der Waals surface area contributed by atoms with Gasteiger partial charge in [-0.1, -0.05) is 12.1 Å². The van der Waals surface area contributed by atoms with Gasteiger partial charge in [0.15, 0.2) is 0 Å². The third-order valence-electron chi connectivity index (χ3n) is 8.54. The number of amides is 2. The molecule has 1 spiro atoms. The number of carbonyl (C=O) groups is 2. The van der Waals surface area contributed by atoms with E-state index in [1.165, 1.54) is 37.3 Å². The number of nitrogens with one attached hydrogen (secondary N) is 2. The summed E-state index contributed by atoms with van der Waals surface area (Å²) in [6.07, 6.45) is 5.93. The predicted octanol–water partition coefficient (Wildman–Crippen LogP) is 3.02. The van der Waals surface area contributed by atoms with Gasteiger partial charge in [-0.3, -0.25) is 14.9 Å². The molecule has 0 radical (unpaired) electrons. The van der Waals surface area contributed by atoms with E-state index in [9.17, 15) is 9.59 Å². The molecule has 0 aromatic heterocycles. The number of nitrogen functional groups attached to an aromatic ring is 1. The second kappa shape index (κ2) is 8.86. The molecule has 4 aliphatic rings. The molecule has 4 fully saturated rings. The van der Waals surface area contributed by atoms with Crippen molar-refractivity contribution in [3.63, 3.8) is 0 Å². The molecule has 2 aromatic rings. The maximum Gasteiger partial charge on any atom is 0.234 e. The third kappa shape index (κ3) is 4.49. The van der Waals surface area contributed by atoms with Crippen molar-refractivity contribution in [3.05, 3.63) is 54.1 Å². The Hall–Kier alpha value is -3.06. The van der Waals surface area contributed by atoms with Crippen molar-refractivity contribution in [1.82, 2.24) is 10.6 Å². The third-order valence-corrected chi connectivity index (χ3v) is 8.54. The molecule has 3 saturated heterocycles. The summed E-state index contributed by atoms with van der Waals surface area (Å²) in [7, 11) is 0. The maximum atomic E-state index is 12.1. The molecule has 2 aromatic carbocycles. The van der Waals surface area contributed by atoms with E-state index in [1.54, 1.807) is 0 Å². The van der Waals surface area contributed by atoms with Gasteiger partial charge >= 0.3 is 0 Å². The molecule has 1 unspecified atom stereocenters. The molecule has 1 saturated carbocycles. The lowest BCUT2D eigenvalue weighted by atomic mass is 9.60. The number of rotatable bonds is 5. The number of anilines is 3. The van der Waals surface area contributed by atoms with E-state index in [1.807, 2.05) is 12.1 Å². The van der Waals surface area contributed by atoms with Crippen LogP contribution < -0.4 is 26.2 Å². The Bertz CT molecular complexity index is 1080. The van der Waals surface area contributed by atoms with Crippen molar-refractivity contribution < 1.29 is 9.59 Å². The van der Waals surface area contributed by atoms with Crippen LogP contribution >= 0.6 is 0 Å². The zero-order chi connectivity index (χ0) is 24.0. The maximum absolute atomic E-state index is 12.1. The lowest BCUT2D eigenvalue weighted by molar-refractivity contribution is -0.134. The van der Waals surface area contributed by atoms with Crippen LogP contribution in [0.1, 0.15) is 50.0 Å². The summed E-state index contributed by atoms with van der Waals surface area (Å²) in [5, 5.41) is 6.40. The number of hydrogen-bond donors (Lipinski definition) is 3. The Kier molecular flexibility index (Phi) is 5.67. The van der Waals surface area contributed by atoms with E-state index in [2.05, 4.69) is 56.8 Å². The van der Waals surface area contributed by atoms with Crippen molar-refractivity contribution in [2.75, 3.05) is 41.7 Å².